The number of fused-ring (bicyclic) bond motifs is 1. The van der Waals surface area contributed by atoms with Crippen molar-refractivity contribution in [3.63, 3.8) is 0 Å². The Bertz CT molecular complexity index is 1160. The number of aryl methyl sites for hydroxylation is 2. The summed E-state index contributed by atoms with van der Waals surface area (Å²) in [5.41, 5.74) is 10.6. The highest BCUT2D eigenvalue weighted by Gasteiger charge is 2.29. The molecule has 1 aliphatic rings. The fourth-order valence-electron chi connectivity index (χ4n) is 3.79. The van der Waals surface area contributed by atoms with Crippen molar-refractivity contribution in [2.24, 2.45) is 0 Å². The molecule has 1 amide bonds. The lowest BCUT2D eigenvalue weighted by atomic mass is 10.1. The van der Waals surface area contributed by atoms with Crippen LogP contribution in [-0.4, -0.2) is 43.6 Å². The zero-order valence-corrected chi connectivity index (χ0v) is 16.5. The van der Waals surface area contributed by atoms with Crippen molar-refractivity contribution in [3.05, 3.63) is 59.6 Å². The quantitative estimate of drug-likeness (QED) is 0.539. The summed E-state index contributed by atoms with van der Waals surface area (Å²) in [6.45, 7) is 8.86. The fourth-order valence-corrected chi connectivity index (χ4v) is 3.79. The van der Waals surface area contributed by atoms with Crippen molar-refractivity contribution in [1.29, 1.82) is 0 Å². The summed E-state index contributed by atoms with van der Waals surface area (Å²) in [7, 11) is 0. The third-order valence-electron chi connectivity index (χ3n) is 5.06. The smallest absolute Gasteiger partial charge is 0.246 e. The summed E-state index contributed by atoms with van der Waals surface area (Å²) in [6, 6.07) is 6.19. The second kappa shape index (κ2) is 7.40. The maximum atomic E-state index is 11.9. The number of likely N-dealkylation sites (tertiary alicyclic amines) is 1. The Balaban J connectivity index is 1.76. The minimum atomic E-state index is -0.0760. The van der Waals surface area contributed by atoms with Crippen LogP contribution in [0.15, 0.2) is 37.2 Å². The largest absolute Gasteiger partial charge is 0.383 e. The first-order chi connectivity index (χ1) is 14.0. The number of hydrogen-bond donors (Lipinski definition) is 1. The molecular formula is C22H22N6O. The minimum absolute atomic E-state index is 0.00691. The molecule has 1 aromatic carbocycles. The first-order valence-electron chi connectivity index (χ1n) is 9.46. The first-order valence-corrected chi connectivity index (χ1v) is 9.46. The molecule has 146 valence electrons. The van der Waals surface area contributed by atoms with Gasteiger partial charge in [-0.1, -0.05) is 18.6 Å². The van der Waals surface area contributed by atoms with Gasteiger partial charge in [0.1, 0.15) is 17.8 Å². The number of anilines is 1. The Labute approximate surface area is 169 Å². The van der Waals surface area contributed by atoms with Gasteiger partial charge in [0.2, 0.25) is 5.91 Å². The Hall–Kier alpha value is -3.66. The van der Waals surface area contributed by atoms with Gasteiger partial charge in [0.05, 0.1) is 11.4 Å². The summed E-state index contributed by atoms with van der Waals surface area (Å²) in [5.74, 6) is 6.61. The lowest BCUT2D eigenvalue weighted by molar-refractivity contribution is -0.125. The van der Waals surface area contributed by atoms with Crippen molar-refractivity contribution < 1.29 is 4.79 Å². The summed E-state index contributed by atoms with van der Waals surface area (Å²) < 4.78 is 1.83. The van der Waals surface area contributed by atoms with Gasteiger partial charge in [-0.2, -0.15) is 5.10 Å². The molecule has 3 heterocycles. The van der Waals surface area contributed by atoms with Crippen LogP contribution in [0.3, 0.4) is 0 Å². The third kappa shape index (κ3) is 3.57. The Morgan fingerprint density at radius 1 is 1.24 bits per heavy atom. The van der Waals surface area contributed by atoms with Crippen LogP contribution in [-0.2, 0) is 4.79 Å². The van der Waals surface area contributed by atoms with Gasteiger partial charge in [-0.3, -0.25) is 4.79 Å². The Morgan fingerprint density at radius 2 is 2.00 bits per heavy atom. The molecule has 1 saturated heterocycles. The van der Waals surface area contributed by atoms with Gasteiger partial charge in [0.15, 0.2) is 5.65 Å². The van der Waals surface area contributed by atoms with Crippen LogP contribution in [0, 0.1) is 25.7 Å². The summed E-state index contributed by atoms with van der Waals surface area (Å²) in [5, 5.41) is 5.36. The normalized spacial score (nSPS) is 15.9. The average molecular weight is 386 g/mol. The highest BCUT2D eigenvalue weighted by molar-refractivity contribution is 5.91. The van der Waals surface area contributed by atoms with Gasteiger partial charge in [0, 0.05) is 18.7 Å². The van der Waals surface area contributed by atoms with E-state index in [1.165, 1.54) is 12.4 Å². The van der Waals surface area contributed by atoms with Crippen molar-refractivity contribution in [1.82, 2.24) is 24.6 Å². The van der Waals surface area contributed by atoms with E-state index in [4.69, 9.17) is 10.8 Å². The molecule has 4 rings (SSSR count). The van der Waals surface area contributed by atoms with E-state index in [-0.39, 0.29) is 11.9 Å². The van der Waals surface area contributed by atoms with E-state index in [0.29, 0.717) is 35.6 Å². The van der Waals surface area contributed by atoms with Gasteiger partial charge >= 0.3 is 0 Å². The number of carbonyl (C=O) groups excluding carboxylic acids is 1. The maximum absolute atomic E-state index is 11.9. The second-order valence-electron chi connectivity index (χ2n) is 7.31. The zero-order valence-electron chi connectivity index (χ0n) is 16.5. The van der Waals surface area contributed by atoms with E-state index in [1.807, 2.05) is 30.7 Å². The number of amides is 1. The summed E-state index contributed by atoms with van der Waals surface area (Å²) in [4.78, 5) is 22.2. The first kappa shape index (κ1) is 18.7. The van der Waals surface area contributed by atoms with Gasteiger partial charge < -0.3 is 10.6 Å². The summed E-state index contributed by atoms with van der Waals surface area (Å²) >= 11 is 0. The lowest BCUT2D eigenvalue weighted by Crippen LogP contribution is -2.27. The highest BCUT2D eigenvalue weighted by atomic mass is 16.2. The van der Waals surface area contributed by atoms with E-state index in [1.54, 1.807) is 4.90 Å². The topological polar surface area (TPSA) is 89.9 Å². The highest BCUT2D eigenvalue weighted by Crippen LogP contribution is 2.28. The van der Waals surface area contributed by atoms with Crippen molar-refractivity contribution in [2.45, 2.75) is 26.3 Å². The molecule has 3 aromatic rings. The van der Waals surface area contributed by atoms with Crippen LogP contribution < -0.4 is 5.73 Å². The predicted octanol–water partition coefficient (Wildman–Crippen LogP) is 2.38. The minimum Gasteiger partial charge on any atom is -0.383 e. The monoisotopic (exact) mass is 386 g/mol. The molecule has 0 aliphatic carbocycles. The molecule has 1 fully saturated rings. The van der Waals surface area contributed by atoms with Crippen molar-refractivity contribution in [3.8, 4) is 11.8 Å². The number of nitrogens with zero attached hydrogens (tertiary/aromatic N) is 5. The van der Waals surface area contributed by atoms with E-state index in [2.05, 4.69) is 34.5 Å². The molecule has 0 radical (unpaired) electrons. The number of benzene rings is 1. The van der Waals surface area contributed by atoms with Crippen LogP contribution in [0.25, 0.3) is 11.0 Å². The second-order valence-corrected chi connectivity index (χ2v) is 7.31. The number of hydrogen-bond acceptors (Lipinski definition) is 5. The molecule has 1 atom stereocenters. The molecular weight excluding hydrogens is 364 g/mol. The van der Waals surface area contributed by atoms with Gasteiger partial charge in [-0.05, 0) is 55.5 Å². The maximum Gasteiger partial charge on any atom is 0.246 e. The summed E-state index contributed by atoms with van der Waals surface area (Å²) in [6.07, 6.45) is 3.55. The number of rotatable bonds is 2. The molecule has 2 aromatic heterocycles. The predicted molar refractivity (Wildman–Crippen MR) is 112 cm³/mol. The molecule has 0 unspecified atom stereocenters. The Kier molecular flexibility index (Phi) is 4.77. The molecule has 2 N–H and O–H groups in total. The van der Waals surface area contributed by atoms with Crippen LogP contribution in [0.4, 0.5) is 5.82 Å². The SMILES string of the molecule is C=CC(=O)N1CC[C@H](n2nc(C#Cc3cc(C)cc(C)c3)c3c(N)ncnc32)C1. The number of nitrogens with two attached hydrogens (primary N) is 1. The molecule has 0 spiro atoms. The van der Waals surface area contributed by atoms with E-state index < -0.39 is 0 Å². The zero-order chi connectivity index (χ0) is 20.5. The van der Waals surface area contributed by atoms with E-state index >= 15 is 0 Å². The van der Waals surface area contributed by atoms with Gasteiger partial charge in [0.25, 0.3) is 0 Å². The molecule has 1 aliphatic heterocycles. The van der Waals surface area contributed by atoms with Crippen molar-refractivity contribution >= 4 is 22.8 Å². The molecule has 0 saturated carbocycles. The average Bonchev–Trinajstić information content (AvgIpc) is 3.30. The molecule has 0 bridgehead atoms. The molecule has 7 heteroatoms. The van der Waals surface area contributed by atoms with Crippen molar-refractivity contribution in [2.75, 3.05) is 18.8 Å². The van der Waals surface area contributed by atoms with E-state index in [9.17, 15) is 4.79 Å². The fraction of sp³-hybridized carbons (Fsp3) is 0.273. The number of nitrogen functional groups attached to an aromatic ring is 1. The number of carbonyl (C=O) groups is 1. The van der Waals surface area contributed by atoms with Crippen LogP contribution in [0.5, 0.6) is 0 Å². The van der Waals surface area contributed by atoms with Gasteiger partial charge in [-0.15, -0.1) is 0 Å². The molecule has 29 heavy (non-hydrogen) atoms. The van der Waals surface area contributed by atoms with Crippen LogP contribution in [0.1, 0.15) is 34.8 Å². The standard InChI is InChI=1S/C22H22N6O/c1-4-19(29)27-8-7-17(12-27)28-22-20(21(23)24-13-25-22)18(26-28)6-5-16-10-14(2)9-15(3)11-16/h4,9-11,13,17H,1,7-8,12H2,2-3H3,(H2,23,24,25)/t17-/m0/s1. The lowest BCUT2D eigenvalue weighted by Gasteiger charge is -2.14. The van der Waals surface area contributed by atoms with E-state index in [0.717, 1.165) is 23.1 Å². The number of aromatic nitrogens is 4. The van der Waals surface area contributed by atoms with Gasteiger partial charge in [-0.25, -0.2) is 14.6 Å². The van der Waals surface area contributed by atoms with Crippen LogP contribution in [0.2, 0.25) is 0 Å². The Morgan fingerprint density at radius 3 is 2.72 bits per heavy atom. The third-order valence-corrected chi connectivity index (χ3v) is 5.06. The van der Waals surface area contributed by atoms with Crippen LogP contribution >= 0.6 is 0 Å². The molecule has 7 nitrogen and oxygen atoms in total.